The lowest BCUT2D eigenvalue weighted by molar-refractivity contribution is -0.385. The first kappa shape index (κ1) is 15.3. The zero-order valence-corrected chi connectivity index (χ0v) is 12.8. The van der Waals surface area contributed by atoms with Crippen molar-refractivity contribution in [3.63, 3.8) is 0 Å². The van der Waals surface area contributed by atoms with Crippen LogP contribution in [0.15, 0.2) is 18.2 Å². The summed E-state index contributed by atoms with van der Waals surface area (Å²) in [4.78, 5) is 23.9. The maximum atomic E-state index is 11.9. The van der Waals surface area contributed by atoms with Gasteiger partial charge in [0.2, 0.25) is 0 Å². The van der Waals surface area contributed by atoms with Crippen LogP contribution in [0.5, 0.6) is 0 Å². The third kappa shape index (κ3) is 3.51. The van der Waals surface area contributed by atoms with Gasteiger partial charge in [0.05, 0.1) is 4.92 Å². The standard InChI is InChI=1S/C15H20N2O4/c1-10-5-6-12(17(19)20)7-13(10)11-8-16(9-11)14(18)21-15(2,3)4/h5-7,11H,8-9H2,1-4H3. The van der Waals surface area contributed by atoms with Crippen molar-refractivity contribution >= 4 is 11.8 Å². The van der Waals surface area contributed by atoms with Crippen LogP contribution < -0.4 is 0 Å². The highest BCUT2D eigenvalue weighted by Gasteiger charge is 2.35. The fourth-order valence-corrected chi connectivity index (χ4v) is 2.33. The molecule has 0 bridgehead atoms. The van der Waals surface area contributed by atoms with E-state index in [-0.39, 0.29) is 17.7 Å². The maximum absolute atomic E-state index is 11.9. The second-order valence-electron chi connectivity index (χ2n) is 6.38. The molecule has 1 aliphatic rings. The van der Waals surface area contributed by atoms with Gasteiger partial charge in [-0.15, -0.1) is 0 Å². The van der Waals surface area contributed by atoms with E-state index < -0.39 is 10.5 Å². The first-order chi connectivity index (χ1) is 9.67. The number of rotatable bonds is 2. The van der Waals surface area contributed by atoms with E-state index in [4.69, 9.17) is 4.74 Å². The Bertz CT molecular complexity index is 572. The van der Waals surface area contributed by atoms with Crippen molar-refractivity contribution in [2.45, 2.75) is 39.2 Å². The van der Waals surface area contributed by atoms with Crippen LogP contribution in [0.2, 0.25) is 0 Å². The van der Waals surface area contributed by atoms with Crippen LogP contribution in [0.1, 0.15) is 37.8 Å². The van der Waals surface area contributed by atoms with E-state index >= 15 is 0 Å². The molecule has 6 nitrogen and oxygen atoms in total. The molecule has 1 saturated heterocycles. The van der Waals surface area contributed by atoms with Crippen LogP contribution in [0.25, 0.3) is 0 Å². The predicted octanol–water partition coefficient (Wildman–Crippen LogP) is 3.24. The molecule has 0 atom stereocenters. The zero-order valence-electron chi connectivity index (χ0n) is 12.8. The number of non-ortho nitro benzene ring substituents is 1. The summed E-state index contributed by atoms with van der Waals surface area (Å²) in [5, 5.41) is 10.8. The van der Waals surface area contributed by atoms with Crippen molar-refractivity contribution in [1.82, 2.24) is 4.90 Å². The summed E-state index contributed by atoms with van der Waals surface area (Å²) in [5.74, 6) is 0.136. The highest BCUT2D eigenvalue weighted by molar-refractivity contribution is 5.69. The Morgan fingerprint density at radius 1 is 1.38 bits per heavy atom. The van der Waals surface area contributed by atoms with E-state index in [1.807, 2.05) is 27.7 Å². The van der Waals surface area contributed by atoms with Gasteiger partial charge in [-0.2, -0.15) is 0 Å². The molecule has 2 rings (SSSR count). The molecule has 0 unspecified atom stereocenters. The minimum atomic E-state index is -0.510. The van der Waals surface area contributed by atoms with Crippen molar-refractivity contribution in [2.24, 2.45) is 0 Å². The summed E-state index contributed by atoms with van der Waals surface area (Å²) >= 11 is 0. The topological polar surface area (TPSA) is 72.7 Å². The van der Waals surface area contributed by atoms with Crippen LogP contribution in [0.4, 0.5) is 10.5 Å². The van der Waals surface area contributed by atoms with Gasteiger partial charge in [0, 0.05) is 31.1 Å². The van der Waals surface area contributed by atoms with E-state index in [9.17, 15) is 14.9 Å². The first-order valence-electron chi connectivity index (χ1n) is 6.90. The Labute approximate surface area is 123 Å². The van der Waals surface area contributed by atoms with E-state index in [1.165, 1.54) is 6.07 Å². The van der Waals surface area contributed by atoms with Crippen LogP contribution in [-0.4, -0.2) is 34.6 Å². The van der Waals surface area contributed by atoms with Gasteiger partial charge in [0.25, 0.3) is 5.69 Å². The number of aryl methyl sites for hydroxylation is 1. The lowest BCUT2D eigenvalue weighted by Gasteiger charge is -2.40. The van der Waals surface area contributed by atoms with Crippen LogP contribution >= 0.6 is 0 Å². The fourth-order valence-electron chi connectivity index (χ4n) is 2.33. The quantitative estimate of drug-likeness (QED) is 0.619. The van der Waals surface area contributed by atoms with Gasteiger partial charge in [0.15, 0.2) is 0 Å². The Morgan fingerprint density at radius 3 is 2.52 bits per heavy atom. The molecule has 0 aromatic heterocycles. The molecular formula is C15H20N2O4. The Morgan fingerprint density at radius 2 is 2.00 bits per heavy atom. The molecule has 1 aromatic carbocycles. The first-order valence-corrected chi connectivity index (χ1v) is 6.90. The molecule has 6 heteroatoms. The maximum Gasteiger partial charge on any atom is 0.410 e. The molecule has 1 amide bonds. The van der Waals surface area contributed by atoms with Gasteiger partial charge in [-0.1, -0.05) is 6.07 Å². The van der Waals surface area contributed by atoms with E-state index in [1.54, 1.807) is 17.0 Å². The minimum Gasteiger partial charge on any atom is -0.444 e. The third-order valence-corrected chi connectivity index (χ3v) is 3.45. The number of carbonyl (C=O) groups is 1. The summed E-state index contributed by atoms with van der Waals surface area (Å²) < 4.78 is 5.30. The summed E-state index contributed by atoms with van der Waals surface area (Å²) in [6.07, 6.45) is -0.332. The average molecular weight is 292 g/mol. The van der Waals surface area contributed by atoms with Gasteiger partial charge in [-0.05, 0) is 38.8 Å². The zero-order chi connectivity index (χ0) is 15.8. The van der Waals surface area contributed by atoms with Crippen molar-refractivity contribution in [2.75, 3.05) is 13.1 Å². The Balaban J connectivity index is 2.03. The van der Waals surface area contributed by atoms with E-state index in [0.717, 1.165) is 11.1 Å². The second-order valence-corrected chi connectivity index (χ2v) is 6.38. The normalized spacial score (nSPS) is 15.5. The number of carbonyl (C=O) groups excluding carboxylic acids is 1. The summed E-state index contributed by atoms with van der Waals surface area (Å²) in [5.41, 5.74) is 1.52. The molecule has 0 aliphatic carbocycles. The summed E-state index contributed by atoms with van der Waals surface area (Å²) in [6, 6.07) is 4.86. The number of nitro groups is 1. The number of nitro benzene ring substituents is 1. The van der Waals surface area contributed by atoms with E-state index in [0.29, 0.717) is 13.1 Å². The van der Waals surface area contributed by atoms with Crippen molar-refractivity contribution < 1.29 is 14.5 Å². The molecule has 1 fully saturated rings. The van der Waals surface area contributed by atoms with Gasteiger partial charge in [-0.25, -0.2) is 4.79 Å². The molecule has 0 radical (unpaired) electrons. The molecule has 21 heavy (non-hydrogen) atoms. The molecular weight excluding hydrogens is 272 g/mol. The number of nitrogens with zero attached hydrogens (tertiary/aromatic N) is 2. The molecule has 1 aromatic rings. The largest absolute Gasteiger partial charge is 0.444 e. The molecule has 0 spiro atoms. The molecule has 114 valence electrons. The third-order valence-electron chi connectivity index (χ3n) is 3.45. The smallest absolute Gasteiger partial charge is 0.410 e. The predicted molar refractivity (Wildman–Crippen MR) is 78.4 cm³/mol. The monoisotopic (exact) mass is 292 g/mol. The lowest BCUT2D eigenvalue weighted by atomic mass is 9.88. The number of benzene rings is 1. The number of hydrogen-bond acceptors (Lipinski definition) is 4. The Kier molecular flexibility index (Phi) is 3.89. The van der Waals surface area contributed by atoms with Crippen LogP contribution in [0, 0.1) is 17.0 Å². The fraction of sp³-hybridized carbons (Fsp3) is 0.533. The van der Waals surface area contributed by atoms with Gasteiger partial charge < -0.3 is 9.64 Å². The number of amides is 1. The van der Waals surface area contributed by atoms with Crippen molar-refractivity contribution in [3.8, 4) is 0 Å². The average Bonchev–Trinajstić information content (AvgIpc) is 2.26. The van der Waals surface area contributed by atoms with Crippen LogP contribution in [0.3, 0.4) is 0 Å². The number of ether oxygens (including phenoxy) is 1. The van der Waals surface area contributed by atoms with Crippen LogP contribution in [-0.2, 0) is 4.74 Å². The van der Waals surface area contributed by atoms with E-state index in [2.05, 4.69) is 0 Å². The molecule has 1 aliphatic heterocycles. The van der Waals surface area contributed by atoms with Gasteiger partial charge >= 0.3 is 6.09 Å². The van der Waals surface area contributed by atoms with Gasteiger partial charge in [0.1, 0.15) is 5.60 Å². The van der Waals surface area contributed by atoms with Gasteiger partial charge in [-0.3, -0.25) is 10.1 Å². The molecule has 0 saturated carbocycles. The van der Waals surface area contributed by atoms with Crippen molar-refractivity contribution in [1.29, 1.82) is 0 Å². The highest BCUT2D eigenvalue weighted by atomic mass is 16.6. The SMILES string of the molecule is Cc1ccc([N+](=O)[O-])cc1C1CN(C(=O)OC(C)(C)C)C1. The lowest BCUT2D eigenvalue weighted by Crippen LogP contribution is -2.50. The molecule has 1 heterocycles. The highest BCUT2D eigenvalue weighted by Crippen LogP contribution is 2.32. The van der Waals surface area contributed by atoms with Crippen molar-refractivity contribution in [3.05, 3.63) is 39.4 Å². The number of likely N-dealkylation sites (tertiary alicyclic amines) is 1. The number of hydrogen-bond donors (Lipinski definition) is 0. The minimum absolute atomic E-state index is 0.0892. The summed E-state index contributed by atoms with van der Waals surface area (Å²) in [7, 11) is 0. The molecule has 0 N–H and O–H groups in total. The second kappa shape index (κ2) is 5.35. The summed E-state index contributed by atoms with van der Waals surface area (Å²) in [6.45, 7) is 8.48. The Hall–Kier alpha value is -2.11.